The van der Waals surface area contributed by atoms with Crippen molar-refractivity contribution in [3.8, 4) is 0 Å². The molecule has 0 radical (unpaired) electrons. The van der Waals surface area contributed by atoms with Crippen LogP contribution in [0.25, 0.3) is 0 Å². The number of hydrogen-bond donors (Lipinski definition) is 1. The minimum Gasteiger partial charge on any atom is -0.321 e. The van der Waals surface area contributed by atoms with Crippen molar-refractivity contribution in [1.29, 1.82) is 0 Å². The Kier molecular flexibility index (Phi) is 4.71. The van der Waals surface area contributed by atoms with Gasteiger partial charge < -0.3 is 5.73 Å². The highest BCUT2D eigenvalue weighted by atomic mass is 35.5. The van der Waals surface area contributed by atoms with Crippen LogP contribution in [0.2, 0.25) is 5.15 Å². The second-order valence-corrected chi connectivity index (χ2v) is 4.89. The van der Waals surface area contributed by atoms with Gasteiger partial charge in [-0.15, -0.1) is 0 Å². The molecule has 0 aromatic carbocycles. The number of carbonyl (C=O) groups excluding carboxylic acids is 1. The molecule has 0 saturated carbocycles. The summed E-state index contributed by atoms with van der Waals surface area (Å²) in [6.45, 7) is 5.86. The van der Waals surface area contributed by atoms with Gasteiger partial charge in [-0.3, -0.25) is 9.48 Å². The van der Waals surface area contributed by atoms with E-state index >= 15 is 0 Å². The lowest BCUT2D eigenvalue weighted by Crippen LogP contribution is -2.37. The van der Waals surface area contributed by atoms with Gasteiger partial charge >= 0.3 is 0 Å². The van der Waals surface area contributed by atoms with Gasteiger partial charge in [0.05, 0.1) is 11.7 Å². The zero-order chi connectivity index (χ0) is 13.2. The fourth-order valence-corrected chi connectivity index (χ4v) is 1.98. The third-order valence-electron chi connectivity index (χ3n) is 3.25. The zero-order valence-corrected chi connectivity index (χ0v) is 11.6. The number of nitrogens with two attached hydrogens (primary N) is 1. The Morgan fingerprint density at radius 3 is 2.59 bits per heavy atom. The molecule has 4 nitrogen and oxygen atoms in total. The number of hydrogen-bond acceptors (Lipinski definition) is 3. The number of nitrogens with zero attached hydrogens (tertiary/aromatic N) is 2. The molecule has 96 valence electrons. The van der Waals surface area contributed by atoms with Gasteiger partial charge in [-0.25, -0.2) is 0 Å². The van der Waals surface area contributed by atoms with Gasteiger partial charge in [-0.05, 0) is 12.8 Å². The minimum absolute atomic E-state index is 0.0253. The number of ketones is 1. The molecule has 0 fully saturated rings. The topological polar surface area (TPSA) is 60.9 Å². The van der Waals surface area contributed by atoms with Crippen molar-refractivity contribution in [2.75, 3.05) is 0 Å². The number of rotatable bonds is 5. The van der Waals surface area contributed by atoms with Crippen molar-refractivity contribution in [1.82, 2.24) is 9.78 Å². The van der Waals surface area contributed by atoms with Gasteiger partial charge in [0.2, 0.25) is 0 Å². The van der Waals surface area contributed by atoms with Crippen LogP contribution >= 0.6 is 11.6 Å². The maximum Gasteiger partial charge on any atom is 0.154 e. The summed E-state index contributed by atoms with van der Waals surface area (Å²) in [5.41, 5.74) is 7.49. The Hall–Kier alpha value is -0.870. The van der Waals surface area contributed by atoms with Crippen LogP contribution in [-0.2, 0) is 18.3 Å². The molecule has 1 aromatic heterocycles. The molecule has 1 aromatic rings. The van der Waals surface area contributed by atoms with Crippen molar-refractivity contribution in [2.45, 2.75) is 39.7 Å². The molecule has 0 saturated heterocycles. The fraction of sp³-hybridized carbons (Fsp3) is 0.667. The van der Waals surface area contributed by atoms with Crippen molar-refractivity contribution >= 4 is 17.4 Å². The van der Waals surface area contributed by atoms with Crippen LogP contribution in [0.5, 0.6) is 0 Å². The summed E-state index contributed by atoms with van der Waals surface area (Å²) in [5.74, 6) is 0.218. The zero-order valence-electron chi connectivity index (χ0n) is 10.8. The Bertz CT molecular complexity index is 414. The standard InChI is InChI=1S/C12H20ClN3O/c1-5-7(2)11(14)10(17)6-9-8(3)15-16(4)12(9)13/h7,11H,5-6,14H2,1-4H3. The lowest BCUT2D eigenvalue weighted by molar-refractivity contribution is -0.120. The predicted octanol–water partition coefficient (Wildman–Crippen LogP) is 1.87. The van der Waals surface area contributed by atoms with Gasteiger partial charge in [0.25, 0.3) is 0 Å². The molecule has 2 atom stereocenters. The van der Waals surface area contributed by atoms with Crippen molar-refractivity contribution in [3.63, 3.8) is 0 Å². The van der Waals surface area contributed by atoms with Crippen LogP contribution in [0, 0.1) is 12.8 Å². The van der Waals surface area contributed by atoms with Crippen LogP contribution < -0.4 is 5.73 Å². The average molecular weight is 258 g/mol. The molecular formula is C12H20ClN3O. The summed E-state index contributed by atoms with van der Waals surface area (Å²) >= 11 is 6.08. The second kappa shape index (κ2) is 5.65. The smallest absolute Gasteiger partial charge is 0.154 e. The fourth-order valence-electron chi connectivity index (χ4n) is 1.74. The normalized spacial score (nSPS) is 14.7. The first-order valence-corrected chi connectivity index (χ1v) is 6.22. The van der Waals surface area contributed by atoms with Gasteiger partial charge in [0.1, 0.15) is 5.15 Å². The van der Waals surface area contributed by atoms with E-state index in [0.717, 1.165) is 17.7 Å². The largest absolute Gasteiger partial charge is 0.321 e. The number of carbonyl (C=O) groups is 1. The third-order valence-corrected chi connectivity index (χ3v) is 3.72. The highest BCUT2D eigenvalue weighted by Crippen LogP contribution is 2.20. The second-order valence-electron chi connectivity index (χ2n) is 4.53. The summed E-state index contributed by atoms with van der Waals surface area (Å²) in [4.78, 5) is 12.0. The number of aryl methyl sites for hydroxylation is 2. The van der Waals surface area contributed by atoms with E-state index < -0.39 is 6.04 Å². The molecule has 5 heteroatoms. The van der Waals surface area contributed by atoms with E-state index in [-0.39, 0.29) is 18.1 Å². The number of halogens is 1. The van der Waals surface area contributed by atoms with E-state index in [2.05, 4.69) is 5.10 Å². The Labute approximate surface area is 107 Å². The van der Waals surface area contributed by atoms with Crippen LogP contribution in [0.1, 0.15) is 31.5 Å². The summed E-state index contributed by atoms with van der Waals surface area (Å²) in [7, 11) is 1.76. The highest BCUT2D eigenvalue weighted by Gasteiger charge is 2.22. The van der Waals surface area contributed by atoms with Crippen LogP contribution in [0.4, 0.5) is 0 Å². The lowest BCUT2D eigenvalue weighted by Gasteiger charge is -2.16. The maximum absolute atomic E-state index is 12.0. The van der Waals surface area contributed by atoms with E-state index in [0.29, 0.717) is 5.15 Å². The monoisotopic (exact) mass is 257 g/mol. The van der Waals surface area contributed by atoms with Crippen LogP contribution in [0.15, 0.2) is 0 Å². The van der Waals surface area contributed by atoms with E-state index in [1.54, 1.807) is 11.7 Å². The predicted molar refractivity (Wildman–Crippen MR) is 69.1 cm³/mol. The first-order valence-electron chi connectivity index (χ1n) is 5.84. The van der Waals surface area contributed by atoms with E-state index in [1.807, 2.05) is 20.8 Å². The molecular weight excluding hydrogens is 238 g/mol. The number of aromatic nitrogens is 2. The number of Topliss-reactive ketones (excluding diaryl/α,β-unsaturated/α-hetero) is 1. The van der Waals surface area contributed by atoms with E-state index in [4.69, 9.17) is 17.3 Å². The minimum atomic E-state index is -0.421. The maximum atomic E-state index is 12.0. The van der Waals surface area contributed by atoms with Gasteiger partial charge in [0.15, 0.2) is 5.78 Å². The van der Waals surface area contributed by atoms with Crippen molar-refractivity contribution < 1.29 is 4.79 Å². The Morgan fingerprint density at radius 1 is 1.59 bits per heavy atom. The lowest BCUT2D eigenvalue weighted by atomic mass is 9.93. The highest BCUT2D eigenvalue weighted by molar-refractivity contribution is 6.30. The van der Waals surface area contributed by atoms with E-state index in [1.165, 1.54) is 0 Å². The molecule has 2 unspecified atom stereocenters. The van der Waals surface area contributed by atoms with Crippen molar-refractivity contribution in [2.24, 2.45) is 18.7 Å². The summed E-state index contributed by atoms with van der Waals surface area (Å²) in [5, 5.41) is 4.70. The molecule has 2 N–H and O–H groups in total. The van der Waals surface area contributed by atoms with Crippen LogP contribution in [-0.4, -0.2) is 21.6 Å². The van der Waals surface area contributed by atoms with Gasteiger partial charge in [0, 0.05) is 19.0 Å². The molecule has 0 bridgehead atoms. The first kappa shape index (κ1) is 14.2. The average Bonchev–Trinajstić information content (AvgIpc) is 2.53. The van der Waals surface area contributed by atoms with Gasteiger partial charge in [-0.1, -0.05) is 31.9 Å². The molecule has 0 amide bonds. The van der Waals surface area contributed by atoms with Gasteiger partial charge in [-0.2, -0.15) is 5.10 Å². The molecule has 1 rings (SSSR count). The molecule has 0 aliphatic carbocycles. The summed E-state index contributed by atoms with van der Waals surface area (Å²) in [6.07, 6.45) is 1.16. The SMILES string of the molecule is CCC(C)C(N)C(=O)Cc1c(C)nn(C)c1Cl. The molecule has 0 aliphatic rings. The summed E-state index contributed by atoms with van der Waals surface area (Å²) in [6, 6.07) is -0.421. The Morgan fingerprint density at radius 2 is 2.18 bits per heavy atom. The molecule has 0 aliphatic heterocycles. The quantitative estimate of drug-likeness (QED) is 0.876. The van der Waals surface area contributed by atoms with Crippen LogP contribution in [0.3, 0.4) is 0 Å². The molecule has 1 heterocycles. The van der Waals surface area contributed by atoms with E-state index in [9.17, 15) is 4.79 Å². The summed E-state index contributed by atoms with van der Waals surface area (Å²) < 4.78 is 1.58. The van der Waals surface area contributed by atoms with Crippen molar-refractivity contribution in [3.05, 3.63) is 16.4 Å². The molecule has 0 spiro atoms. The first-order chi connectivity index (χ1) is 7.88. The molecule has 17 heavy (non-hydrogen) atoms. The Balaban J connectivity index is 2.81. The third kappa shape index (κ3) is 3.07.